The molecule has 0 fully saturated rings. The molecule has 0 bridgehead atoms. The lowest BCUT2D eigenvalue weighted by molar-refractivity contribution is 0.0980. The summed E-state index contributed by atoms with van der Waals surface area (Å²) in [5.74, 6) is -0.0595. The average molecular weight is 201 g/mol. The van der Waals surface area contributed by atoms with Crippen LogP contribution in [0, 0.1) is 0 Å². The number of nitrogens with zero attached hydrogens (tertiary/aromatic N) is 2. The van der Waals surface area contributed by atoms with E-state index >= 15 is 0 Å². The summed E-state index contributed by atoms with van der Waals surface area (Å²) in [6, 6.07) is 7.45. The van der Waals surface area contributed by atoms with Gasteiger partial charge in [0.25, 0.3) is 0 Å². The molecule has 2 N–H and O–H groups in total. The Kier molecular flexibility index (Phi) is 2.69. The molecule has 0 spiro atoms. The Labute approximate surface area is 87.1 Å². The van der Waals surface area contributed by atoms with Crippen LogP contribution in [-0.2, 0) is 0 Å². The van der Waals surface area contributed by atoms with Gasteiger partial charge in [-0.3, -0.25) is 9.78 Å². The van der Waals surface area contributed by atoms with Gasteiger partial charge in [0.05, 0.1) is 17.2 Å². The normalized spacial score (nSPS) is 10.5. The quantitative estimate of drug-likeness (QED) is 0.756. The molecule has 0 aliphatic heterocycles. The summed E-state index contributed by atoms with van der Waals surface area (Å²) >= 11 is 0. The third-order valence-electron chi connectivity index (χ3n) is 2.11. The Morgan fingerprint density at radius 3 is 2.73 bits per heavy atom. The first-order chi connectivity index (χ1) is 7.31. The second-order valence-corrected chi connectivity index (χ2v) is 3.21. The first-order valence-corrected chi connectivity index (χ1v) is 4.76. The van der Waals surface area contributed by atoms with Gasteiger partial charge in [-0.25, -0.2) is 4.98 Å². The number of nitrogens with two attached hydrogens (primary N) is 1. The standard InChI is InChI=1S/C11H11N3O/c12-6-5-11(15)10-7-13-8-3-1-2-4-9(8)14-10/h1-4,7H,5-6,12H2. The number of carbonyl (C=O) groups is 1. The number of hydrogen-bond acceptors (Lipinski definition) is 4. The zero-order chi connectivity index (χ0) is 10.7. The van der Waals surface area contributed by atoms with Crippen LogP contribution in [0.25, 0.3) is 11.0 Å². The number of ketones is 1. The van der Waals surface area contributed by atoms with Crippen LogP contribution in [0.1, 0.15) is 16.9 Å². The van der Waals surface area contributed by atoms with Crippen LogP contribution in [0.2, 0.25) is 0 Å². The van der Waals surface area contributed by atoms with Crippen LogP contribution < -0.4 is 5.73 Å². The molecule has 0 unspecified atom stereocenters. The molecule has 4 heteroatoms. The molecule has 76 valence electrons. The minimum Gasteiger partial charge on any atom is -0.330 e. The van der Waals surface area contributed by atoms with E-state index in [-0.39, 0.29) is 5.78 Å². The second-order valence-electron chi connectivity index (χ2n) is 3.21. The lowest BCUT2D eigenvalue weighted by Gasteiger charge is -2.00. The molecule has 1 aromatic carbocycles. The molecule has 15 heavy (non-hydrogen) atoms. The van der Waals surface area contributed by atoms with Crippen LogP contribution in [0.15, 0.2) is 30.5 Å². The third-order valence-corrected chi connectivity index (χ3v) is 2.11. The number of aromatic nitrogens is 2. The summed E-state index contributed by atoms with van der Waals surface area (Å²) < 4.78 is 0. The fourth-order valence-electron chi connectivity index (χ4n) is 1.35. The van der Waals surface area contributed by atoms with Crippen molar-refractivity contribution in [3.8, 4) is 0 Å². The van der Waals surface area contributed by atoms with Gasteiger partial charge in [0.1, 0.15) is 5.69 Å². The van der Waals surface area contributed by atoms with Gasteiger partial charge < -0.3 is 5.73 Å². The monoisotopic (exact) mass is 201 g/mol. The van der Waals surface area contributed by atoms with Crippen molar-refractivity contribution in [1.29, 1.82) is 0 Å². The van der Waals surface area contributed by atoms with Crippen LogP contribution in [0.5, 0.6) is 0 Å². The van der Waals surface area contributed by atoms with E-state index in [1.807, 2.05) is 24.3 Å². The highest BCUT2D eigenvalue weighted by Crippen LogP contribution is 2.09. The summed E-state index contributed by atoms with van der Waals surface area (Å²) in [5.41, 5.74) is 7.23. The Morgan fingerprint density at radius 2 is 2.00 bits per heavy atom. The van der Waals surface area contributed by atoms with E-state index in [0.29, 0.717) is 18.7 Å². The van der Waals surface area contributed by atoms with Crippen LogP contribution in [-0.4, -0.2) is 22.3 Å². The predicted octanol–water partition coefficient (Wildman–Crippen LogP) is 1.16. The van der Waals surface area contributed by atoms with Gasteiger partial charge in [0, 0.05) is 6.42 Å². The summed E-state index contributed by atoms with van der Waals surface area (Å²) in [6.07, 6.45) is 1.81. The fraction of sp³-hybridized carbons (Fsp3) is 0.182. The highest BCUT2D eigenvalue weighted by molar-refractivity contribution is 5.95. The van der Waals surface area contributed by atoms with Crippen LogP contribution >= 0.6 is 0 Å². The summed E-state index contributed by atoms with van der Waals surface area (Å²) in [6.45, 7) is 0.341. The van der Waals surface area contributed by atoms with Gasteiger partial charge in [-0.2, -0.15) is 0 Å². The Bertz CT molecular complexity index is 496. The van der Waals surface area contributed by atoms with Crippen molar-refractivity contribution in [2.24, 2.45) is 5.73 Å². The van der Waals surface area contributed by atoms with Gasteiger partial charge >= 0.3 is 0 Å². The molecule has 0 aliphatic carbocycles. The first-order valence-electron chi connectivity index (χ1n) is 4.76. The van der Waals surface area contributed by atoms with E-state index in [4.69, 9.17) is 5.73 Å². The Balaban J connectivity index is 2.42. The number of Topliss-reactive ketones (excluding diaryl/α,β-unsaturated/α-hetero) is 1. The molecular formula is C11H11N3O. The highest BCUT2D eigenvalue weighted by Gasteiger charge is 2.07. The van der Waals surface area contributed by atoms with Crippen molar-refractivity contribution in [2.45, 2.75) is 6.42 Å². The van der Waals surface area contributed by atoms with Gasteiger partial charge in [-0.1, -0.05) is 12.1 Å². The van der Waals surface area contributed by atoms with Crippen molar-refractivity contribution < 1.29 is 4.79 Å². The maximum absolute atomic E-state index is 11.5. The highest BCUT2D eigenvalue weighted by atomic mass is 16.1. The number of para-hydroxylation sites is 2. The molecule has 0 saturated heterocycles. The maximum atomic E-state index is 11.5. The van der Waals surface area contributed by atoms with E-state index in [9.17, 15) is 4.79 Å². The van der Waals surface area contributed by atoms with Gasteiger partial charge in [0.2, 0.25) is 0 Å². The average Bonchev–Trinajstić information content (AvgIpc) is 2.29. The molecule has 0 amide bonds. The van der Waals surface area contributed by atoms with Crippen LogP contribution in [0.4, 0.5) is 0 Å². The van der Waals surface area contributed by atoms with Gasteiger partial charge in [-0.15, -0.1) is 0 Å². The first kappa shape index (κ1) is 9.73. The van der Waals surface area contributed by atoms with Gasteiger partial charge in [-0.05, 0) is 18.7 Å². The molecule has 4 nitrogen and oxygen atoms in total. The SMILES string of the molecule is NCCC(=O)c1cnc2ccccc2n1. The second kappa shape index (κ2) is 4.14. The molecule has 0 atom stereocenters. The predicted molar refractivity (Wildman–Crippen MR) is 57.5 cm³/mol. The smallest absolute Gasteiger partial charge is 0.184 e. The molecule has 0 radical (unpaired) electrons. The molecule has 2 rings (SSSR count). The number of fused-ring (bicyclic) bond motifs is 1. The van der Waals surface area contributed by atoms with E-state index < -0.39 is 0 Å². The third kappa shape index (κ3) is 1.99. The van der Waals surface area contributed by atoms with Crippen molar-refractivity contribution in [2.75, 3.05) is 6.54 Å². The molecule has 0 aliphatic rings. The molecule has 1 heterocycles. The number of hydrogen-bond donors (Lipinski definition) is 1. The fourth-order valence-corrected chi connectivity index (χ4v) is 1.35. The van der Waals surface area contributed by atoms with E-state index in [1.54, 1.807) is 0 Å². The lowest BCUT2D eigenvalue weighted by Crippen LogP contribution is -2.10. The van der Waals surface area contributed by atoms with Crippen molar-refractivity contribution in [3.05, 3.63) is 36.2 Å². The zero-order valence-corrected chi connectivity index (χ0v) is 8.18. The lowest BCUT2D eigenvalue weighted by atomic mass is 10.2. The maximum Gasteiger partial charge on any atom is 0.184 e. The number of rotatable bonds is 3. The minimum absolute atomic E-state index is 0.0595. The van der Waals surface area contributed by atoms with Gasteiger partial charge in [0.15, 0.2) is 5.78 Å². The van der Waals surface area contributed by atoms with Crippen molar-refractivity contribution >= 4 is 16.8 Å². The summed E-state index contributed by atoms with van der Waals surface area (Å²) in [5, 5.41) is 0. The molecule has 1 aromatic heterocycles. The zero-order valence-electron chi connectivity index (χ0n) is 8.18. The van der Waals surface area contributed by atoms with E-state index in [0.717, 1.165) is 11.0 Å². The molecular weight excluding hydrogens is 190 g/mol. The molecule has 2 aromatic rings. The minimum atomic E-state index is -0.0595. The van der Waals surface area contributed by atoms with Crippen molar-refractivity contribution in [1.82, 2.24) is 9.97 Å². The number of benzene rings is 1. The summed E-state index contributed by atoms with van der Waals surface area (Å²) in [4.78, 5) is 19.9. The number of carbonyl (C=O) groups excluding carboxylic acids is 1. The van der Waals surface area contributed by atoms with Crippen LogP contribution in [0.3, 0.4) is 0 Å². The van der Waals surface area contributed by atoms with E-state index in [2.05, 4.69) is 9.97 Å². The van der Waals surface area contributed by atoms with Crippen molar-refractivity contribution in [3.63, 3.8) is 0 Å². The Morgan fingerprint density at radius 1 is 1.27 bits per heavy atom. The molecule has 0 saturated carbocycles. The van der Waals surface area contributed by atoms with E-state index in [1.165, 1.54) is 6.20 Å². The Hall–Kier alpha value is -1.81. The summed E-state index contributed by atoms with van der Waals surface area (Å²) in [7, 11) is 0. The topological polar surface area (TPSA) is 68.9 Å². The largest absolute Gasteiger partial charge is 0.330 e.